The molecule has 0 rings (SSSR count). The first-order chi connectivity index (χ1) is 5.26. The van der Waals surface area contributed by atoms with Crippen molar-refractivity contribution in [3.05, 3.63) is 36.1 Å². The van der Waals surface area contributed by atoms with E-state index in [2.05, 4.69) is 24.9 Å². The minimum absolute atomic E-state index is 0.998. The molecule has 0 aromatic heterocycles. The third kappa shape index (κ3) is 3.66. The average molecular weight is 151 g/mol. The topological polar surface area (TPSA) is 12.0 Å². The van der Waals surface area contributed by atoms with Crippen LogP contribution in [0, 0.1) is 0 Å². The van der Waals surface area contributed by atoms with E-state index < -0.39 is 0 Å². The highest BCUT2D eigenvalue weighted by atomic mass is 14.8. The molecule has 0 heterocycles. The van der Waals surface area contributed by atoms with E-state index in [4.69, 9.17) is 0 Å². The second kappa shape index (κ2) is 5.78. The van der Waals surface area contributed by atoms with Crippen molar-refractivity contribution in [2.24, 2.45) is 0 Å². The monoisotopic (exact) mass is 151 g/mol. The van der Waals surface area contributed by atoms with E-state index in [1.165, 1.54) is 5.57 Å². The molecule has 1 nitrogen and oxygen atoms in total. The summed E-state index contributed by atoms with van der Waals surface area (Å²) in [6.07, 6.45) is 7.04. The Hall–Kier alpha value is -0.980. The van der Waals surface area contributed by atoms with Crippen LogP contribution in [0.25, 0.3) is 0 Å². The number of nitrogens with one attached hydrogen (secondary N) is 1. The van der Waals surface area contributed by atoms with Crippen molar-refractivity contribution in [2.45, 2.75) is 20.3 Å². The zero-order valence-corrected chi connectivity index (χ0v) is 7.65. The molecule has 0 aliphatic heterocycles. The van der Waals surface area contributed by atoms with Crippen LogP contribution in [0.2, 0.25) is 0 Å². The third-order valence-corrected chi connectivity index (χ3v) is 1.48. The van der Waals surface area contributed by atoms with Gasteiger partial charge < -0.3 is 5.32 Å². The van der Waals surface area contributed by atoms with Crippen LogP contribution in [-0.4, -0.2) is 7.05 Å². The maximum absolute atomic E-state index is 3.95. The van der Waals surface area contributed by atoms with Gasteiger partial charge in [0, 0.05) is 13.2 Å². The van der Waals surface area contributed by atoms with Gasteiger partial charge in [-0.15, -0.1) is 0 Å². The predicted molar refractivity (Wildman–Crippen MR) is 51.4 cm³/mol. The van der Waals surface area contributed by atoms with Crippen LogP contribution in [0.4, 0.5) is 0 Å². The summed E-state index contributed by atoms with van der Waals surface area (Å²) in [7, 11) is 1.90. The lowest BCUT2D eigenvalue weighted by molar-refractivity contribution is 1.06. The van der Waals surface area contributed by atoms with Crippen molar-refractivity contribution in [1.29, 1.82) is 0 Å². The predicted octanol–water partition coefficient (Wildman–Crippen LogP) is 2.63. The average Bonchev–Trinajstić information content (AvgIpc) is 2.03. The highest BCUT2D eigenvalue weighted by Gasteiger charge is 1.93. The first-order valence-electron chi connectivity index (χ1n) is 3.94. The van der Waals surface area contributed by atoms with Gasteiger partial charge >= 0.3 is 0 Å². The Balaban J connectivity index is 4.34. The smallest absolute Gasteiger partial charge is 0.00376 e. The van der Waals surface area contributed by atoms with Crippen molar-refractivity contribution >= 4 is 0 Å². The van der Waals surface area contributed by atoms with Crippen LogP contribution in [-0.2, 0) is 0 Å². The standard InChI is InChI=1S/C10H17N/c1-5-7-10(8-11-4)9(3)6-2/h5,7-8,11H,3,6H2,1-2,4H3/b7-5?,10-8+. The maximum atomic E-state index is 3.95. The summed E-state index contributed by atoms with van der Waals surface area (Å²) in [5.74, 6) is 0. The van der Waals surface area contributed by atoms with Crippen molar-refractivity contribution in [2.75, 3.05) is 7.05 Å². The van der Waals surface area contributed by atoms with E-state index in [9.17, 15) is 0 Å². The Morgan fingerprint density at radius 1 is 1.55 bits per heavy atom. The fraction of sp³-hybridized carbons (Fsp3) is 0.400. The van der Waals surface area contributed by atoms with E-state index in [0.29, 0.717) is 0 Å². The first-order valence-corrected chi connectivity index (χ1v) is 3.94. The maximum Gasteiger partial charge on any atom is 0.00376 e. The molecule has 11 heavy (non-hydrogen) atoms. The van der Waals surface area contributed by atoms with Gasteiger partial charge in [-0.3, -0.25) is 0 Å². The molecule has 0 spiro atoms. The van der Waals surface area contributed by atoms with Gasteiger partial charge in [0.05, 0.1) is 0 Å². The lowest BCUT2D eigenvalue weighted by Gasteiger charge is -2.02. The molecule has 0 aromatic carbocycles. The van der Waals surface area contributed by atoms with Crippen molar-refractivity contribution in [3.63, 3.8) is 0 Å². The molecule has 0 bridgehead atoms. The first kappa shape index (κ1) is 10.0. The molecular formula is C10H17N. The van der Waals surface area contributed by atoms with Gasteiger partial charge in [-0.2, -0.15) is 0 Å². The Labute approximate surface area is 69.5 Å². The Kier molecular flexibility index (Phi) is 5.26. The van der Waals surface area contributed by atoms with Crippen LogP contribution in [0.5, 0.6) is 0 Å². The van der Waals surface area contributed by atoms with Gasteiger partial charge in [-0.25, -0.2) is 0 Å². The third-order valence-electron chi connectivity index (χ3n) is 1.48. The highest BCUT2D eigenvalue weighted by molar-refractivity contribution is 5.36. The van der Waals surface area contributed by atoms with Gasteiger partial charge in [-0.05, 0) is 24.5 Å². The van der Waals surface area contributed by atoms with Gasteiger partial charge in [0.1, 0.15) is 0 Å². The minimum atomic E-state index is 0.998. The van der Waals surface area contributed by atoms with E-state index in [0.717, 1.165) is 12.0 Å². The van der Waals surface area contributed by atoms with Gasteiger partial charge in [0.15, 0.2) is 0 Å². The van der Waals surface area contributed by atoms with Gasteiger partial charge in [-0.1, -0.05) is 25.7 Å². The molecule has 1 heteroatoms. The van der Waals surface area contributed by atoms with Crippen molar-refractivity contribution in [1.82, 2.24) is 5.32 Å². The number of rotatable bonds is 4. The molecule has 62 valence electrons. The number of hydrogen-bond donors (Lipinski definition) is 1. The largest absolute Gasteiger partial charge is 0.393 e. The molecule has 0 aromatic rings. The molecule has 1 N–H and O–H groups in total. The summed E-state index contributed by atoms with van der Waals surface area (Å²) in [5, 5.41) is 2.99. The normalized spacial score (nSPS) is 12.1. The summed E-state index contributed by atoms with van der Waals surface area (Å²) in [5.41, 5.74) is 2.34. The summed E-state index contributed by atoms with van der Waals surface area (Å²) >= 11 is 0. The fourth-order valence-corrected chi connectivity index (χ4v) is 0.807. The van der Waals surface area contributed by atoms with Gasteiger partial charge in [0.2, 0.25) is 0 Å². The molecular weight excluding hydrogens is 134 g/mol. The quantitative estimate of drug-likeness (QED) is 0.609. The van der Waals surface area contributed by atoms with Crippen LogP contribution < -0.4 is 5.32 Å². The van der Waals surface area contributed by atoms with E-state index in [1.807, 2.05) is 26.2 Å². The molecule has 0 saturated carbocycles. The minimum Gasteiger partial charge on any atom is -0.393 e. The number of hydrogen-bond acceptors (Lipinski definition) is 1. The Morgan fingerprint density at radius 3 is 2.55 bits per heavy atom. The Morgan fingerprint density at radius 2 is 2.18 bits per heavy atom. The summed E-state index contributed by atoms with van der Waals surface area (Å²) in [4.78, 5) is 0. The second-order valence-corrected chi connectivity index (χ2v) is 2.35. The highest BCUT2D eigenvalue weighted by Crippen LogP contribution is 2.11. The van der Waals surface area contributed by atoms with Crippen LogP contribution >= 0.6 is 0 Å². The van der Waals surface area contributed by atoms with Crippen LogP contribution in [0.15, 0.2) is 36.1 Å². The van der Waals surface area contributed by atoms with Gasteiger partial charge in [0.25, 0.3) is 0 Å². The van der Waals surface area contributed by atoms with E-state index >= 15 is 0 Å². The zero-order valence-electron chi connectivity index (χ0n) is 7.65. The zero-order chi connectivity index (χ0) is 8.69. The molecule has 0 aliphatic rings. The fourth-order valence-electron chi connectivity index (χ4n) is 0.807. The molecule has 0 aliphatic carbocycles. The molecule has 0 fully saturated rings. The van der Waals surface area contributed by atoms with E-state index in [1.54, 1.807) is 0 Å². The number of allylic oxidation sites excluding steroid dienone is 4. The lowest BCUT2D eigenvalue weighted by atomic mass is 10.1. The lowest BCUT2D eigenvalue weighted by Crippen LogP contribution is -1.96. The van der Waals surface area contributed by atoms with Crippen molar-refractivity contribution < 1.29 is 0 Å². The molecule has 0 saturated heterocycles. The molecule has 0 amide bonds. The SMILES string of the molecule is C=C(CC)/C(C=CC)=C/NC. The molecule has 0 unspecified atom stereocenters. The summed E-state index contributed by atoms with van der Waals surface area (Å²) in [6, 6.07) is 0. The van der Waals surface area contributed by atoms with Crippen LogP contribution in [0.1, 0.15) is 20.3 Å². The molecule has 0 radical (unpaired) electrons. The summed E-state index contributed by atoms with van der Waals surface area (Å²) < 4.78 is 0. The molecule has 0 atom stereocenters. The Bertz CT molecular complexity index is 175. The summed E-state index contributed by atoms with van der Waals surface area (Å²) in [6.45, 7) is 8.06. The second-order valence-electron chi connectivity index (χ2n) is 2.35. The van der Waals surface area contributed by atoms with Crippen molar-refractivity contribution in [3.8, 4) is 0 Å². The van der Waals surface area contributed by atoms with E-state index in [-0.39, 0.29) is 0 Å². The van der Waals surface area contributed by atoms with Crippen LogP contribution in [0.3, 0.4) is 0 Å².